The molecule has 1 aliphatic carbocycles. The van der Waals surface area contributed by atoms with E-state index < -0.39 is 18.0 Å². The number of nitrogen functional groups attached to an aromatic ring is 1. The van der Waals surface area contributed by atoms with E-state index in [9.17, 15) is 18.0 Å². The SMILES string of the molecule is Cc1nc(C2(C3CC3)C(=O)Nc3nc(-c4cn5ccnc5c(CCCC(F)(F)F)n4)nc(N)c32)ccc1Cl. The van der Waals surface area contributed by atoms with Crippen molar-refractivity contribution in [3.8, 4) is 11.5 Å². The van der Waals surface area contributed by atoms with Crippen molar-refractivity contribution in [3.63, 3.8) is 0 Å². The molecule has 1 amide bonds. The van der Waals surface area contributed by atoms with Crippen LogP contribution >= 0.6 is 11.6 Å². The summed E-state index contributed by atoms with van der Waals surface area (Å²) in [7, 11) is 0. The predicted octanol–water partition coefficient (Wildman–Crippen LogP) is 4.66. The second kappa shape index (κ2) is 8.62. The number of anilines is 2. The fourth-order valence-corrected chi connectivity index (χ4v) is 5.35. The van der Waals surface area contributed by atoms with Gasteiger partial charge in [-0.15, -0.1) is 0 Å². The number of carbonyl (C=O) groups excluding carboxylic acids is 1. The third kappa shape index (κ3) is 3.94. The second-order valence-electron chi connectivity index (χ2n) is 9.66. The van der Waals surface area contributed by atoms with Crippen molar-refractivity contribution < 1.29 is 18.0 Å². The van der Waals surface area contributed by atoms with Crippen LogP contribution in [0.4, 0.5) is 24.8 Å². The van der Waals surface area contributed by atoms with Gasteiger partial charge in [-0.25, -0.2) is 19.9 Å². The molecule has 0 aromatic carbocycles. The zero-order valence-electron chi connectivity index (χ0n) is 20.2. The highest BCUT2D eigenvalue weighted by Gasteiger charge is 2.60. The number of hydrogen-bond acceptors (Lipinski definition) is 7. The number of aryl methyl sites for hydroxylation is 2. The van der Waals surface area contributed by atoms with Crippen LogP contribution in [0.15, 0.2) is 30.7 Å². The molecule has 4 aromatic rings. The summed E-state index contributed by atoms with van der Waals surface area (Å²) in [5, 5.41) is 3.37. The van der Waals surface area contributed by atoms with E-state index in [1.165, 1.54) is 6.20 Å². The number of pyridine rings is 1. The van der Waals surface area contributed by atoms with Crippen LogP contribution in [-0.4, -0.2) is 41.4 Å². The molecule has 196 valence electrons. The number of nitrogens with one attached hydrogen (secondary N) is 1. The van der Waals surface area contributed by atoms with E-state index in [1.807, 2.05) is 0 Å². The predicted molar refractivity (Wildman–Crippen MR) is 134 cm³/mol. The third-order valence-corrected chi connectivity index (χ3v) is 7.48. The number of nitrogens with two attached hydrogens (primary N) is 1. The van der Waals surface area contributed by atoms with Crippen LogP contribution in [0.2, 0.25) is 5.02 Å². The molecule has 38 heavy (non-hydrogen) atoms. The van der Waals surface area contributed by atoms with Gasteiger partial charge < -0.3 is 15.5 Å². The Kier molecular flexibility index (Phi) is 5.56. The van der Waals surface area contributed by atoms with Gasteiger partial charge in [0, 0.05) is 25.0 Å². The van der Waals surface area contributed by atoms with Gasteiger partial charge in [-0.05, 0) is 50.7 Å². The van der Waals surface area contributed by atoms with Crippen molar-refractivity contribution in [3.05, 3.63) is 58.4 Å². The second-order valence-corrected chi connectivity index (χ2v) is 10.1. The molecule has 13 heteroatoms. The van der Waals surface area contributed by atoms with E-state index >= 15 is 0 Å². The van der Waals surface area contributed by atoms with Gasteiger partial charge in [-0.3, -0.25) is 9.78 Å². The van der Waals surface area contributed by atoms with Crippen molar-refractivity contribution in [2.24, 2.45) is 5.92 Å². The zero-order valence-corrected chi connectivity index (χ0v) is 20.9. The van der Waals surface area contributed by atoms with Crippen molar-refractivity contribution in [2.75, 3.05) is 11.1 Å². The van der Waals surface area contributed by atoms with Gasteiger partial charge in [0.15, 0.2) is 11.5 Å². The quantitative estimate of drug-likeness (QED) is 0.363. The van der Waals surface area contributed by atoms with Crippen molar-refractivity contribution in [1.82, 2.24) is 29.3 Å². The van der Waals surface area contributed by atoms with Crippen LogP contribution in [0.3, 0.4) is 0 Å². The third-order valence-electron chi connectivity index (χ3n) is 7.08. The van der Waals surface area contributed by atoms with Gasteiger partial charge in [-0.1, -0.05) is 11.6 Å². The first kappa shape index (κ1) is 24.5. The number of halogens is 4. The monoisotopic (exact) mass is 542 g/mol. The number of hydrogen-bond donors (Lipinski definition) is 2. The summed E-state index contributed by atoms with van der Waals surface area (Å²) in [5.74, 6) is 0.212. The first-order valence-corrected chi connectivity index (χ1v) is 12.5. The Morgan fingerprint density at radius 1 is 1.21 bits per heavy atom. The number of nitrogens with zero attached hydrogens (tertiary/aromatic N) is 6. The molecule has 0 saturated heterocycles. The summed E-state index contributed by atoms with van der Waals surface area (Å²) in [6, 6.07) is 3.45. The molecule has 0 bridgehead atoms. The Labute approximate surface area is 219 Å². The number of rotatable bonds is 6. The van der Waals surface area contributed by atoms with Crippen LogP contribution in [-0.2, 0) is 16.6 Å². The lowest BCUT2D eigenvalue weighted by Crippen LogP contribution is -2.39. The van der Waals surface area contributed by atoms with Crippen molar-refractivity contribution in [2.45, 2.75) is 50.6 Å². The molecule has 9 nitrogen and oxygen atoms in total. The van der Waals surface area contributed by atoms with Gasteiger partial charge in [0.2, 0.25) is 5.91 Å². The summed E-state index contributed by atoms with van der Waals surface area (Å²) in [6.07, 6.45) is 1.21. The topological polar surface area (TPSA) is 124 Å². The molecular formula is C25H22ClF3N8O. The fraction of sp³-hybridized carbons (Fsp3) is 0.360. The zero-order chi connectivity index (χ0) is 26.8. The Hall–Kier alpha value is -3.80. The van der Waals surface area contributed by atoms with Gasteiger partial charge in [0.1, 0.15) is 22.7 Å². The normalized spacial score (nSPS) is 19.1. The average molecular weight is 543 g/mol. The summed E-state index contributed by atoms with van der Waals surface area (Å²) in [5.41, 5.74) is 8.10. The molecule has 4 aromatic heterocycles. The van der Waals surface area contributed by atoms with Gasteiger partial charge in [0.25, 0.3) is 0 Å². The van der Waals surface area contributed by atoms with Crippen LogP contribution in [0.5, 0.6) is 0 Å². The van der Waals surface area contributed by atoms with Crippen LogP contribution in [0.1, 0.15) is 48.3 Å². The summed E-state index contributed by atoms with van der Waals surface area (Å²) >= 11 is 6.20. The van der Waals surface area contributed by atoms with E-state index in [0.717, 1.165) is 12.8 Å². The number of aromatic nitrogens is 6. The standard InChI is InChI=1S/C25H22ClF3N8O/c1-12-14(26)6-7-17(32-12)25(13-4-5-13)18-19(30)34-20(35-21(18)36-23(25)38)16-11-37-10-9-31-22(37)15(33-16)3-2-8-24(27,28)29/h6-7,9-11,13H,2-5,8H2,1H3,(H3,30,34,35,36,38). The first-order chi connectivity index (χ1) is 18.1. The Bertz CT molecular complexity index is 1600. The minimum atomic E-state index is -4.26. The average Bonchev–Trinajstić information content (AvgIpc) is 3.50. The van der Waals surface area contributed by atoms with Gasteiger partial charge in [0.05, 0.1) is 27.7 Å². The highest BCUT2D eigenvalue weighted by atomic mass is 35.5. The first-order valence-electron chi connectivity index (χ1n) is 12.1. The molecule has 1 unspecified atom stereocenters. The van der Waals surface area contributed by atoms with E-state index in [2.05, 4.69) is 30.2 Å². The maximum absolute atomic E-state index is 13.6. The molecule has 5 heterocycles. The molecule has 1 saturated carbocycles. The lowest BCUT2D eigenvalue weighted by Gasteiger charge is -2.27. The Balaban J connectivity index is 1.44. The highest BCUT2D eigenvalue weighted by Crippen LogP contribution is 2.57. The van der Waals surface area contributed by atoms with Crippen molar-refractivity contribution in [1.29, 1.82) is 0 Å². The maximum Gasteiger partial charge on any atom is 0.389 e. The number of alkyl halides is 3. The fourth-order valence-electron chi connectivity index (χ4n) is 5.24. The van der Waals surface area contributed by atoms with E-state index in [0.29, 0.717) is 39.0 Å². The van der Waals surface area contributed by atoms with Crippen LogP contribution in [0.25, 0.3) is 17.2 Å². The summed E-state index contributed by atoms with van der Waals surface area (Å²) < 4.78 is 39.8. The van der Waals surface area contributed by atoms with Crippen LogP contribution in [0, 0.1) is 12.8 Å². The lowest BCUT2D eigenvalue weighted by molar-refractivity contribution is -0.135. The molecule has 0 radical (unpaired) electrons. The maximum atomic E-state index is 13.6. The van der Waals surface area contributed by atoms with Crippen molar-refractivity contribution >= 4 is 34.8 Å². The lowest BCUT2D eigenvalue weighted by atomic mass is 9.74. The number of carbonyl (C=O) groups is 1. The molecule has 1 fully saturated rings. The largest absolute Gasteiger partial charge is 0.389 e. The number of imidazole rings is 1. The highest BCUT2D eigenvalue weighted by molar-refractivity contribution is 6.31. The van der Waals surface area contributed by atoms with E-state index in [1.54, 1.807) is 35.9 Å². The molecule has 6 rings (SSSR count). The summed E-state index contributed by atoms with van der Waals surface area (Å²) in [4.78, 5) is 36.1. The van der Waals surface area contributed by atoms with Gasteiger partial charge in [-0.2, -0.15) is 13.2 Å². The van der Waals surface area contributed by atoms with E-state index in [-0.39, 0.29) is 42.1 Å². The Morgan fingerprint density at radius 2 is 2.00 bits per heavy atom. The number of amides is 1. The minimum absolute atomic E-state index is 0.0192. The molecule has 0 spiro atoms. The molecule has 2 aliphatic rings. The summed E-state index contributed by atoms with van der Waals surface area (Å²) in [6.45, 7) is 1.77. The molecule has 3 N–H and O–H groups in total. The van der Waals surface area contributed by atoms with Crippen LogP contribution < -0.4 is 11.1 Å². The van der Waals surface area contributed by atoms with E-state index in [4.69, 9.17) is 17.3 Å². The number of fused-ring (bicyclic) bond motifs is 2. The molecular weight excluding hydrogens is 521 g/mol. The minimum Gasteiger partial charge on any atom is -0.383 e. The molecule has 1 aliphatic heterocycles. The van der Waals surface area contributed by atoms with Gasteiger partial charge >= 0.3 is 6.18 Å². The Morgan fingerprint density at radius 3 is 2.71 bits per heavy atom. The smallest absolute Gasteiger partial charge is 0.383 e. The molecule has 1 atom stereocenters.